The first kappa shape index (κ1) is 19.0. The minimum atomic E-state index is 0.699. The number of anilines is 1. The van der Waals surface area contributed by atoms with E-state index in [2.05, 4.69) is 63.6 Å². The number of thiazole rings is 1. The third-order valence-electron chi connectivity index (χ3n) is 4.48. The molecule has 0 aliphatic carbocycles. The molecule has 0 spiro atoms. The molecule has 5 nitrogen and oxygen atoms in total. The van der Waals surface area contributed by atoms with Gasteiger partial charge in [-0.15, -0.1) is 11.3 Å². The maximum Gasteiger partial charge on any atom is 0.191 e. The van der Waals surface area contributed by atoms with E-state index in [4.69, 9.17) is 0 Å². The summed E-state index contributed by atoms with van der Waals surface area (Å²) in [4.78, 5) is 12.6. The van der Waals surface area contributed by atoms with Gasteiger partial charge in [-0.2, -0.15) is 11.8 Å². The highest BCUT2D eigenvalue weighted by Crippen LogP contribution is 2.20. The average molecular weight is 390 g/mol. The quantitative estimate of drug-likeness (QED) is 0.608. The van der Waals surface area contributed by atoms with Crippen molar-refractivity contribution in [2.24, 2.45) is 4.99 Å². The minimum absolute atomic E-state index is 0.699. The molecule has 1 saturated heterocycles. The Bertz CT molecular complexity index is 713. The lowest BCUT2D eigenvalue weighted by Gasteiger charge is -2.28. The van der Waals surface area contributed by atoms with Gasteiger partial charge < -0.3 is 15.5 Å². The Balaban J connectivity index is 1.48. The van der Waals surface area contributed by atoms with Crippen LogP contribution < -0.4 is 15.5 Å². The molecule has 2 aromatic rings. The SMILES string of the molecule is CN=C(NCc1ccc(N2CCSCC2)cc1)NCc1nc(C)c(C)s1. The number of benzene rings is 1. The molecule has 1 fully saturated rings. The number of nitrogens with one attached hydrogen (secondary N) is 2. The van der Waals surface area contributed by atoms with Gasteiger partial charge in [0.2, 0.25) is 0 Å². The summed E-state index contributed by atoms with van der Waals surface area (Å²) >= 11 is 3.77. The van der Waals surface area contributed by atoms with Crippen LogP contribution in [-0.4, -0.2) is 42.6 Å². The standard InChI is InChI=1S/C19H27N5S2/c1-14-15(2)26-18(23-14)13-22-19(20-3)21-12-16-4-6-17(7-5-16)24-8-10-25-11-9-24/h4-7H,8-13H2,1-3H3,(H2,20,21,22). The van der Waals surface area contributed by atoms with E-state index < -0.39 is 0 Å². The Morgan fingerprint density at radius 3 is 2.42 bits per heavy atom. The lowest BCUT2D eigenvalue weighted by molar-refractivity contribution is 0.802. The van der Waals surface area contributed by atoms with Gasteiger partial charge in [-0.05, 0) is 31.5 Å². The largest absolute Gasteiger partial charge is 0.370 e. The fourth-order valence-corrected chi connectivity index (χ4v) is 4.60. The topological polar surface area (TPSA) is 52.6 Å². The van der Waals surface area contributed by atoms with Gasteiger partial charge >= 0.3 is 0 Å². The van der Waals surface area contributed by atoms with Gasteiger partial charge in [0.05, 0.1) is 12.2 Å². The smallest absolute Gasteiger partial charge is 0.191 e. The predicted octanol–water partition coefficient (Wildman–Crippen LogP) is 3.18. The van der Waals surface area contributed by atoms with Crippen LogP contribution >= 0.6 is 23.1 Å². The van der Waals surface area contributed by atoms with Crippen LogP contribution in [0, 0.1) is 13.8 Å². The first-order valence-electron chi connectivity index (χ1n) is 8.95. The Labute approximate surface area is 164 Å². The molecule has 0 unspecified atom stereocenters. The monoisotopic (exact) mass is 389 g/mol. The zero-order chi connectivity index (χ0) is 18.4. The molecule has 0 atom stereocenters. The number of aromatic nitrogens is 1. The van der Waals surface area contributed by atoms with Crippen molar-refractivity contribution >= 4 is 34.7 Å². The normalized spacial score (nSPS) is 15.2. The second kappa shape index (κ2) is 9.28. The molecule has 2 heterocycles. The summed E-state index contributed by atoms with van der Waals surface area (Å²) in [6.07, 6.45) is 0. The lowest BCUT2D eigenvalue weighted by Crippen LogP contribution is -2.36. The van der Waals surface area contributed by atoms with Gasteiger partial charge in [-0.3, -0.25) is 4.99 Å². The molecular weight excluding hydrogens is 362 g/mol. The second-order valence-electron chi connectivity index (χ2n) is 6.29. The van der Waals surface area contributed by atoms with Crippen LogP contribution in [0.5, 0.6) is 0 Å². The molecular formula is C19H27N5S2. The van der Waals surface area contributed by atoms with Crippen molar-refractivity contribution in [1.82, 2.24) is 15.6 Å². The van der Waals surface area contributed by atoms with E-state index in [-0.39, 0.29) is 0 Å². The van der Waals surface area contributed by atoms with Crippen LogP contribution in [0.25, 0.3) is 0 Å². The van der Waals surface area contributed by atoms with Gasteiger partial charge in [-0.1, -0.05) is 12.1 Å². The van der Waals surface area contributed by atoms with Crippen LogP contribution in [0.3, 0.4) is 0 Å². The van der Waals surface area contributed by atoms with E-state index in [9.17, 15) is 0 Å². The van der Waals surface area contributed by atoms with E-state index >= 15 is 0 Å². The van der Waals surface area contributed by atoms with E-state index in [1.807, 2.05) is 11.8 Å². The Hall–Kier alpha value is -1.73. The maximum absolute atomic E-state index is 4.56. The number of guanidine groups is 1. The summed E-state index contributed by atoms with van der Waals surface area (Å²) in [6, 6.07) is 8.85. The van der Waals surface area contributed by atoms with Crippen molar-refractivity contribution in [3.63, 3.8) is 0 Å². The second-order valence-corrected chi connectivity index (χ2v) is 8.81. The number of nitrogens with zero attached hydrogens (tertiary/aromatic N) is 3. The molecule has 1 aliphatic heterocycles. The van der Waals surface area contributed by atoms with Crippen LogP contribution in [-0.2, 0) is 13.1 Å². The number of hydrogen-bond donors (Lipinski definition) is 2. The summed E-state index contributed by atoms with van der Waals surface area (Å²) in [6.45, 7) is 7.91. The number of aliphatic imine (C=N–C) groups is 1. The highest BCUT2D eigenvalue weighted by Gasteiger charge is 2.11. The van der Waals surface area contributed by atoms with Crippen molar-refractivity contribution in [1.29, 1.82) is 0 Å². The van der Waals surface area contributed by atoms with Crippen molar-refractivity contribution in [2.75, 3.05) is 36.5 Å². The molecule has 0 amide bonds. The molecule has 1 aliphatic rings. The molecule has 1 aromatic heterocycles. The summed E-state index contributed by atoms with van der Waals surface area (Å²) in [5, 5.41) is 7.80. The average Bonchev–Trinajstić information content (AvgIpc) is 3.01. The Morgan fingerprint density at radius 2 is 1.81 bits per heavy atom. The molecule has 140 valence electrons. The lowest BCUT2D eigenvalue weighted by atomic mass is 10.2. The summed E-state index contributed by atoms with van der Waals surface area (Å²) < 4.78 is 0. The van der Waals surface area contributed by atoms with Gasteiger partial charge in [0, 0.05) is 48.8 Å². The third-order valence-corrected chi connectivity index (χ3v) is 6.49. The summed E-state index contributed by atoms with van der Waals surface area (Å²) in [5.74, 6) is 3.25. The number of hydrogen-bond acceptors (Lipinski definition) is 5. The van der Waals surface area contributed by atoms with Gasteiger partial charge in [0.15, 0.2) is 5.96 Å². The van der Waals surface area contributed by atoms with E-state index in [1.165, 1.54) is 27.6 Å². The zero-order valence-corrected chi connectivity index (χ0v) is 17.3. The van der Waals surface area contributed by atoms with Crippen molar-refractivity contribution in [2.45, 2.75) is 26.9 Å². The van der Waals surface area contributed by atoms with E-state index in [1.54, 1.807) is 18.4 Å². The zero-order valence-electron chi connectivity index (χ0n) is 15.7. The molecule has 7 heteroatoms. The molecule has 3 rings (SSSR count). The summed E-state index contributed by atoms with van der Waals surface area (Å²) in [5.41, 5.74) is 3.69. The van der Waals surface area contributed by atoms with E-state index in [0.717, 1.165) is 36.3 Å². The fraction of sp³-hybridized carbons (Fsp3) is 0.474. The third kappa shape index (κ3) is 5.14. The van der Waals surface area contributed by atoms with Crippen molar-refractivity contribution < 1.29 is 0 Å². The van der Waals surface area contributed by atoms with Crippen LogP contribution in [0.2, 0.25) is 0 Å². The van der Waals surface area contributed by atoms with Gasteiger partial charge in [0.25, 0.3) is 0 Å². The van der Waals surface area contributed by atoms with Crippen molar-refractivity contribution in [3.8, 4) is 0 Å². The van der Waals surface area contributed by atoms with Gasteiger partial charge in [0.1, 0.15) is 5.01 Å². The number of aryl methyl sites for hydroxylation is 2. The molecule has 0 saturated carbocycles. The molecule has 1 aromatic carbocycles. The van der Waals surface area contributed by atoms with Crippen LogP contribution in [0.15, 0.2) is 29.3 Å². The fourth-order valence-electron chi connectivity index (χ4n) is 2.83. The maximum atomic E-state index is 4.56. The Morgan fingerprint density at radius 1 is 1.12 bits per heavy atom. The number of thioether (sulfide) groups is 1. The van der Waals surface area contributed by atoms with Crippen LogP contribution in [0.4, 0.5) is 5.69 Å². The molecule has 26 heavy (non-hydrogen) atoms. The molecule has 0 bridgehead atoms. The van der Waals surface area contributed by atoms with Crippen molar-refractivity contribution in [3.05, 3.63) is 45.4 Å². The highest BCUT2D eigenvalue weighted by molar-refractivity contribution is 7.99. The molecule has 2 N–H and O–H groups in total. The van der Waals surface area contributed by atoms with E-state index in [0.29, 0.717) is 6.54 Å². The minimum Gasteiger partial charge on any atom is -0.370 e. The molecule has 0 radical (unpaired) electrons. The summed E-state index contributed by atoms with van der Waals surface area (Å²) in [7, 11) is 1.80. The first-order chi connectivity index (χ1) is 12.7. The van der Waals surface area contributed by atoms with Crippen LogP contribution in [0.1, 0.15) is 21.1 Å². The predicted molar refractivity (Wildman–Crippen MR) is 115 cm³/mol. The highest BCUT2D eigenvalue weighted by atomic mass is 32.2. The first-order valence-corrected chi connectivity index (χ1v) is 10.9. The Kier molecular flexibility index (Phi) is 6.80. The number of rotatable bonds is 5. The van der Waals surface area contributed by atoms with Gasteiger partial charge in [-0.25, -0.2) is 4.98 Å².